The van der Waals surface area contributed by atoms with Crippen molar-refractivity contribution in [2.24, 2.45) is 11.8 Å². The summed E-state index contributed by atoms with van der Waals surface area (Å²) in [5, 5.41) is 8.92. The second-order valence-electron chi connectivity index (χ2n) is 5.14. The van der Waals surface area contributed by atoms with Gasteiger partial charge in [-0.05, 0) is 46.5 Å². The second kappa shape index (κ2) is 5.46. The molecule has 0 aliphatic carbocycles. The van der Waals surface area contributed by atoms with Gasteiger partial charge in [0.15, 0.2) is 0 Å². The molecule has 110 valence electrons. The summed E-state index contributed by atoms with van der Waals surface area (Å²) < 4.78 is 26.7. The molecule has 1 unspecified atom stereocenters. The van der Waals surface area contributed by atoms with Gasteiger partial charge in [-0.1, -0.05) is 13.0 Å². The standard InChI is InChI=1S/C13H16BrNO4S/c1-8-3-4-12(11(14)5-8)20(18,19)15-6-10(7-15)9(2)13(16)17/h3-5,9-10H,6-7H2,1-2H3,(H,16,17). The van der Waals surface area contributed by atoms with Gasteiger partial charge in [-0.3, -0.25) is 4.79 Å². The molecule has 7 heteroatoms. The van der Waals surface area contributed by atoms with Crippen LogP contribution in [0.1, 0.15) is 12.5 Å². The first-order valence-electron chi connectivity index (χ1n) is 6.22. The van der Waals surface area contributed by atoms with E-state index in [1.54, 1.807) is 25.1 Å². The highest BCUT2D eigenvalue weighted by atomic mass is 79.9. The van der Waals surface area contributed by atoms with Gasteiger partial charge in [0.1, 0.15) is 0 Å². The number of nitrogens with zero attached hydrogens (tertiary/aromatic N) is 1. The number of carboxylic acid groups (broad SMARTS) is 1. The van der Waals surface area contributed by atoms with E-state index < -0.39 is 21.9 Å². The number of benzene rings is 1. The highest BCUT2D eigenvalue weighted by molar-refractivity contribution is 9.10. The van der Waals surface area contributed by atoms with Crippen LogP contribution in [0.3, 0.4) is 0 Å². The van der Waals surface area contributed by atoms with E-state index in [-0.39, 0.29) is 23.9 Å². The number of carboxylic acids is 1. The zero-order valence-electron chi connectivity index (χ0n) is 11.2. The normalized spacial score (nSPS) is 18.6. The summed E-state index contributed by atoms with van der Waals surface area (Å²) >= 11 is 3.27. The van der Waals surface area contributed by atoms with E-state index in [2.05, 4.69) is 15.9 Å². The molecule has 0 spiro atoms. The number of sulfonamides is 1. The Morgan fingerprint density at radius 2 is 2.05 bits per heavy atom. The Labute approximate surface area is 126 Å². The zero-order chi connectivity index (χ0) is 15.1. The van der Waals surface area contributed by atoms with Crippen molar-refractivity contribution in [1.82, 2.24) is 4.31 Å². The number of aliphatic carboxylic acids is 1. The number of carbonyl (C=O) groups is 1. The Morgan fingerprint density at radius 3 is 2.55 bits per heavy atom. The molecule has 5 nitrogen and oxygen atoms in total. The lowest BCUT2D eigenvalue weighted by Crippen LogP contribution is -2.53. The lowest BCUT2D eigenvalue weighted by molar-refractivity contribution is -0.144. The number of hydrogen-bond acceptors (Lipinski definition) is 3. The summed E-state index contributed by atoms with van der Waals surface area (Å²) in [4.78, 5) is 11.1. The maximum absolute atomic E-state index is 12.4. The van der Waals surface area contributed by atoms with Crippen LogP contribution < -0.4 is 0 Å². The summed E-state index contributed by atoms with van der Waals surface area (Å²) in [7, 11) is -3.55. The molecular weight excluding hydrogens is 346 g/mol. The second-order valence-corrected chi connectivity index (χ2v) is 7.90. The van der Waals surface area contributed by atoms with Gasteiger partial charge in [0.05, 0.1) is 10.8 Å². The maximum atomic E-state index is 12.4. The smallest absolute Gasteiger partial charge is 0.306 e. The highest BCUT2D eigenvalue weighted by Crippen LogP contribution is 2.33. The van der Waals surface area contributed by atoms with Crippen LogP contribution in [0.5, 0.6) is 0 Å². The molecule has 1 aliphatic heterocycles. The van der Waals surface area contributed by atoms with E-state index >= 15 is 0 Å². The molecule has 1 aliphatic rings. The summed E-state index contributed by atoms with van der Waals surface area (Å²) in [6.07, 6.45) is 0. The van der Waals surface area contributed by atoms with Crippen LogP contribution in [0.2, 0.25) is 0 Å². The largest absolute Gasteiger partial charge is 0.481 e. The molecule has 0 bridgehead atoms. The van der Waals surface area contributed by atoms with Crippen molar-refractivity contribution < 1.29 is 18.3 Å². The monoisotopic (exact) mass is 361 g/mol. The lowest BCUT2D eigenvalue weighted by Gasteiger charge is -2.40. The first-order valence-corrected chi connectivity index (χ1v) is 8.46. The minimum Gasteiger partial charge on any atom is -0.481 e. The molecule has 0 aromatic heterocycles. The maximum Gasteiger partial charge on any atom is 0.306 e. The number of halogens is 1. The van der Waals surface area contributed by atoms with Gasteiger partial charge in [0, 0.05) is 17.6 Å². The summed E-state index contributed by atoms with van der Waals surface area (Å²) in [6, 6.07) is 5.07. The fourth-order valence-electron chi connectivity index (χ4n) is 2.14. The van der Waals surface area contributed by atoms with Gasteiger partial charge in [-0.15, -0.1) is 0 Å². The summed E-state index contributed by atoms with van der Waals surface area (Å²) in [5.74, 6) is -1.53. The van der Waals surface area contributed by atoms with Crippen LogP contribution in [0, 0.1) is 18.8 Å². The number of aryl methyl sites for hydroxylation is 1. The number of rotatable bonds is 4. The van der Waals surface area contributed by atoms with Crippen LogP contribution in [-0.4, -0.2) is 36.9 Å². The topological polar surface area (TPSA) is 74.7 Å². The van der Waals surface area contributed by atoms with E-state index in [0.29, 0.717) is 4.47 Å². The van der Waals surface area contributed by atoms with Crippen LogP contribution in [0.25, 0.3) is 0 Å². The average Bonchev–Trinajstić information content (AvgIpc) is 2.25. The molecule has 0 amide bonds. The average molecular weight is 362 g/mol. The van der Waals surface area contributed by atoms with Crippen LogP contribution in [-0.2, 0) is 14.8 Å². The Bertz CT molecular complexity index is 638. The fourth-order valence-corrected chi connectivity index (χ4v) is 4.84. The summed E-state index contributed by atoms with van der Waals surface area (Å²) in [5.41, 5.74) is 0.969. The summed E-state index contributed by atoms with van der Waals surface area (Å²) in [6.45, 7) is 4.01. The SMILES string of the molecule is Cc1ccc(S(=O)(=O)N2CC(C(C)C(=O)O)C2)c(Br)c1. The molecule has 1 atom stereocenters. The molecular formula is C13H16BrNO4S. The molecule has 1 saturated heterocycles. The van der Waals surface area contributed by atoms with Crippen molar-refractivity contribution in [2.75, 3.05) is 13.1 Å². The van der Waals surface area contributed by atoms with Crippen molar-refractivity contribution in [2.45, 2.75) is 18.7 Å². The first-order chi connectivity index (χ1) is 9.23. The van der Waals surface area contributed by atoms with Crippen LogP contribution in [0.15, 0.2) is 27.6 Å². The van der Waals surface area contributed by atoms with E-state index in [1.807, 2.05) is 6.92 Å². The molecule has 0 saturated carbocycles. The van der Waals surface area contributed by atoms with Crippen LogP contribution in [0.4, 0.5) is 0 Å². The fraction of sp³-hybridized carbons (Fsp3) is 0.462. The molecule has 1 N–H and O–H groups in total. The molecule has 1 aromatic rings. The van der Waals surface area contributed by atoms with Gasteiger partial charge in [0.2, 0.25) is 10.0 Å². The minimum atomic E-state index is -3.55. The van der Waals surface area contributed by atoms with E-state index in [1.165, 1.54) is 4.31 Å². The Morgan fingerprint density at radius 1 is 1.45 bits per heavy atom. The minimum absolute atomic E-state index is 0.119. The van der Waals surface area contributed by atoms with Crippen molar-refractivity contribution in [1.29, 1.82) is 0 Å². The Hall–Kier alpha value is -0.920. The lowest BCUT2D eigenvalue weighted by atomic mass is 9.89. The van der Waals surface area contributed by atoms with E-state index in [0.717, 1.165) is 5.56 Å². The first kappa shape index (κ1) is 15.5. The quantitative estimate of drug-likeness (QED) is 0.890. The molecule has 1 fully saturated rings. The third-order valence-corrected chi connectivity index (χ3v) is 6.49. The van der Waals surface area contributed by atoms with Gasteiger partial charge in [-0.2, -0.15) is 4.31 Å². The third kappa shape index (κ3) is 2.75. The van der Waals surface area contributed by atoms with Crippen molar-refractivity contribution >= 4 is 31.9 Å². The van der Waals surface area contributed by atoms with E-state index in [4.69, 9.17) is 5.11 Å². The van der Waals surface area contributed by atoms with Gasteiger partial charge in [-0.25, -0.2) is 8.42 Å². The van der Waals surface area contributed by atoms with Crippen molar-refractivity contribution in [3.63, 3.8) is 0 Å². The molecule has 20 heavy (non-hydrogen) atoms. The predicted octanol–water partition coefficient (Wildman–Crippen LogP) is 2.10. The van der Waals surface area contributed by atoms with Gasteiger partial charge < -0.3 is 5.11 Å². The van der Waals surface area contributed by atoms with Crippen molar-refractivity contribution in [3.05, 3.63) is 28.2 Å². The third-order valence-electron chi connectivity index (χ3n) is 3.68. The van der Waals surface area contributed by atoms with Crippen molar-refractivity contribution in [3.8, 4) is 0 Å². The molecule has 2 rings (SSSR count). The Balaban J connectivity index is 2.16. The number of hydrogen-bond donors (Lipinski definition) is 1. The zero-order valence-corrected chi connectivity index (χ0v) is 13.6. The van der Waals surface area contributed by atoms with Gasteiger partial charge >= 0.3 is 5.97 Å². The van der Waals surface area contributed by atoms with Crippen LogP contribution >= 0.6 is 15.9 Å². The Kier molecular flexibility index (Phi) is 4.22. The molecule has 1 aromatic carbocycles. The van der Waals surface area contributed by atoms with Gasteiger partial charge in [0.25, 0.3) is 0 Å². The predicted molar refractivity (Wildman–Crippen MR) is 77.9 cm³/mol. The molecule has 1 heterocycles. The molecule has 0 radical (unpaired) electrons. The highest BCUT2D eigenvalue weighted by Gasteiger charge is 2.41. The van der Waals surface area contributed by atoms with E-state index in [9.17, 15) is 13.2 Å².